The van der Waals surface area contributed by atoms with E-state index in [4.69, 9.17) is 0 Å². The Morgan fingerprint density at radius 3 is 2.67 bits per heavy atom. The monoisotopic (exact) mass is 307 g/mol. The Bertz CT molecular complexity index is 657. The van der Waals surface area contributed by atoms with Crippen LogP contribution in [0.2, 0.25) is 0 Å². The topological polar surface area (TPSA) is 71.1 Å². The van der Waals surface area contributed by atoms with Gasteiger partial charge in [0.25, 0.3) is 5.91 Å². The summed E-state index contributed by atoms with van der Waals surface area (Å²) in [6.07, 6.45) is 1.42. The molecule has 1 heterocycles. The van der Waals surface area contributed by atoms with Gasteiger partial charge in [-0.1, -0.05) is 12.1 Å². The summed E-state index contributed by atoms with van der Waals surface area (Å²) in [6.45, 7) is 2.09. The van der Waals surface area contributed by atoms with E-state index in [1.54, 1.807) is 18.2 Å². The summed E-state index contributed by atoms with van der Waals surface area (Å²) in [7, 11) is 0. The fraction of sp³-hybridized carbons (Fsp3) is 0.214. The predicted molar refractivity (Wildman–Crippen MR) is 78.5 cm³/mol. The first-order valence-corrected chi connectivity index (χ1v) is 7.13. The number of rotatable bonds is 5. The molecule has 21 heavy (non-hydrogen) atoms. The molecule has 0 aliphatic carbocycles. The highest BCUT2D eigenvalue weighted by molar-refractivity contribution is 7.16. The van der Waals surface area contributed by atoms with Crippen LogP contribution in [0.5, 0.6) is 0 Å². The Balaban J connectivity index is 1.98. The Morgan fingerprint density at radius 2 is 1.95 bits per heavy atom. The van der Waals surface area contributed by atoms with Gasteiger partial charge in [0, 0.05) is 25.6 Å². The number of hydrogen-bond acceptors (Lipinski definition) is 4. The molecule has 0 aliphatic rings. The zero-order valence-corrected chi connectivity index (χ0v) is 12.2. The molecular formula is C14H14FN3O2S. The number of carbonyl (C=O) groups excluding carboxylic acids is 2. The molecule has 0 saturated carbocycles. The third-order valence-corrected chi connectivity index (χ3v) is 3.65. The largest absolute Gasteiger partial charge is 0.355 e. The molecule has 0 aliphatic heterocycles. The van der Waals surface area contributed by atoms with Crippen molar-refractivity contribution >= 4 is 23.2 Å². The Labute approximate surface area is 125 Å². The van der Waals surface area contributed by atoms with Crippen molar-refractivity contribution in [2.24, 2.45) is 0 Å². The maximum Gasteiger partial charge on any atom is 0.263 e. The van der Waals surface area contributed by atoms with Crippen molar-refractivity contribution in [3.63, 3.8) is 0 Å². The van der Waals surface area contributed by atoms with Crippen molar-refractivity contribution in [2.75, 3.05) is 13.1 Å². The molecule has 1 aromatic heterocycles. The number of nitrogens with one attached hydrogen (secondary N) is 2. The maximum absolute atomic E-state index is 13.6. The van der Waals surface area contributed by atoms with Gasteiger partial charge in [-0.05, 0) is 12.1 Å². The first-order chi connectivity index (χ1) is 10.1. The van der Waals surface area contributed by atoms with Crippen LogP contribution >= 0.6 is 11.3 Å². The first-order valence-electron chi connectivity index (χ1n) is 6.31. The fourth-order valence-corrected chi connectivity index (χ4v) is 2.50. The van der Waals surface area contributed by atoms with Crippen molar-refractivity contribution in [1.82, 2.24) is 15.6 Å². The van der Waals surface area contributed by atoms with Gasteiger partial charge in [-0.3, -0.25) is 9.59 Å². The molecule has 0 bridgehead atoms. The zero-order chi connectivity index (χ0) is 15.2. The van der Waals surface area contributed by atoms with E-state index in [9.17, 15) is 14.0 Å². The second-order valence-corrected chi connectivity index (χ2v) is 5.28. The average molecular weight is 307 g/mol. The van der Waals surface area contributed by atoms with Crippen molar-refractivity contribution in [3.8, 4) is 10.6 Å². The lowest BCUT2D eigenvalue weighted by Crippen LogP contribution is -2.33. The molecule has 0 spiro atoms. The van der Waals surface area contributed by atoms with Crippen LogP contribution in [0.3, 0.4) is 0 Å². The van der Waals surface area contributed by atoms with Crippen LogP contribution in [0.1, 0.15) is 16.6 Å². The van der Waals surface area contributed by atoms with E-state index in [1.807, 2.05) is 0 Å². The molecule has 5 nitrogen and oxygen atoms in total. The molecule has 7 heteroatoms. The highest BCUT2D eigenvalue weighted by atomic mass is 32.1. The number of halogens is 1. The SMILES string of the molecule is CC(=O)NCCNC(=O)c1cnc(-c2ccccc2F)s1. The number of hydrogen-bond donors (Lipinski definition) is 2. The number of carbonyl (C=O) groups is 2. The van der Waals surface area contributed by atoms with Gasteiger partial charge < -0.3 is 10.6 Å². The van der Waals surface area contributed by atoms with Gasteiger partial charge in [0.2, 0.25) is 5.91 Å². The van der Waals surface area contributed by atoms with Gasteiger partial charge in [-0.2, -0.15) is 0 Å². The second kappa shape index (κ2) is 6.94. The lowest BCUT2D eigenvalue weighted by molar-refractivity contribution is -0.118. The molecule has 0 unspecified atom stereocenters. The Morgan fingerprint density at radius 1 is 1.24 bits per heavy atom. The molecule has 2 rings (SSSR count). The number of aromatic nitrogens is 1. The van der Waals surface area contributed by atoms with Crippen molar-refractivity contribution in [1.29, 1.82) is 0 Å². The molecule has 0 saturated heterocycles. The van der Waals surface area contributed by atoms with E-state index in [0.29, 0.717) is 28.5 Å². The van der Waals surface area contributed by atoms with Crippen molar-refractivity contribution in [2.45, 2.75) is 6.92 Å². The standard InChI is InChI=1S/C14H14FN3O2S/c1-9(19)16-6-7-17-13(20)12-8-18-14(21-12)10-4-2-3-5-11(10)15/h2-5,8H,6-7H2,1H3,(H,16,19)(H,17,20). The molecule has 0 radical (unpaired) electrons. The molecule has 0 fully saturated rings. The second-order valence-electron chi connectivity index (χ2n) is 4.25. The maximum atomic E-state index is 13.6. The van der Waals surface area contributed by atoms with Gasteiger partial charge in [0.05, 0.1) is 6.20 Å². The van der Waals surface area contributed by atoms with Crippen LogP contribution in [0, 0.1) is 5.82 Å². The van der Waals surface area contributed by atoms with Gasteiger partial charge in [-0.25, -0.2) is 9.37 Å². The third-order valence-electron chi connectivity index (χ3n) is 2.62. The van der Waals surface area contributed by atoms with Crippen LogP contribution in [0.4, 0.5) is 4.39 Å². The summed E-state index contributed by atoms with van der Waals surface area (Å²) in [4.78, 5) is 27.0. The number of benzene rings is 1. The summed E-state index contributed by atoms with van der Waals surface area (Å²) >= 11 is 1.12. The fourth-order valence-electron chi connectivity index (χ4n) is 1.64. The minimum absolute atomic E-state index is 0.149. The summed E-state index contributed by atoms with van der Waals surface area (Å²) < 4.78 is 13.6. The van der Waals surface area contributed by atoms with E-state index < -0.39 is 0 Å². The Kier molecular flexibility index (Phi) is 4.99. The number of thiazole rings is 1. The summed E-state index contributed by atoms with van der Waals surface area (Å²) in [5.41, 5.74) is 0.375. The van der Waals surface area contributed by atoms with E-state index in [2.05, 4.69) is 15.6 Å². The number of amides is 2. The molecule has 1 aromatic carbocycles. The third kappa shape index (κ3) is 4.09. The normalized spacial score (nSPS) is 10.2. The average Bonchev–Trinajstić information content (AvgIpc) is 2.93. The smallest absolute Gasteiger partial charge is 0.263 e. The molecule has 0 atom stereocenters. The Hall–Kier alpha value is -2.28. The predicted octanol–water partition coefficient (Wildman–Crippen LogP) is 1.82. The molecule has 2 aromatic rings. The minimum atomic E-state index is -0.371. The summed E-state index contributed by atoms with van der Waals surface area (Å²) in [6, 6.07) is 6.28. The molecule has 2 N–H and O–H groups in total. The molecule has 110 valence electrons. The van der Waals surface area contributed by atoms with Crippen LogP contribution in [-0.4, -0.2) is 29.9 Å². The van der Waals surface area contributed by atoms with Gasteiger partial charge in [0.1, 0.15) is 15.7 Å². The van der Waals surface area contributed by atoms with Gasteiger partial charge in [0.15, 0.2) is 0 Å². The van der Waals surface area contributed by atoms with Crippen LogP contribution in [-0.2, 0) is 4.79 Å². The van der Waals surface area contributed by atoms with Crippen LogP contribution in [0.25, 0.3) is 10.6 Å². The minimum Gasteiger partial charge on any atom is -0.355 e. The highest BCUT2D eigenvalue weighted by Gasteiger charge is 2.13. The summed E-state index contributed by atoms with van der Waals surface area (Å²) in [5.74, 6) is -0.811. The van der Waals surface area contributed by atoms with Crippen molar-refractivity contribution in [3.05, 3.63) is 41.2 Å². The molecule has 2 amide bonds. The lowest BCUT2D eigenvalue weighted by atomic mass is 10.2. The van der Waals surface area contributed by atoms with Crippen LogP contribution in [0.15, 0.2) is 30.5 Å². The van der Waals surface area contributed by atoms with Gasteiger partial charge in [-0.15, -0.1) is 11.3 Å². The van der Waals surface area contributed by atoms with E-state index in [1.165, 1.54) is 19.2 Å². The van der Waals surface area contributed by atoms with Crippen LogP contribution < -0.4 is 10.6 Å². The zero-order valence-electron chi connectivity index (χ0n) is 11.4. The number of nitrogens with zero attached hydrogens (tertiary/aromatic N) is 1. The van der Waals surface area contributed by atoms with E-state index in [-0.39, 0.29) is 17.6 Å². The quantitative estimate of drug-likeness (QED) is 0.828. The summed E-state index contributed by atoms with van der Waals surface area (Å²) in [5, 5.41) is 5.69. The lowest BCUT2D eigenvalue weighted by Gasteiger charge is -2.03. The van der Waals surface area contributed by atoms with Gasteiger partial charge >= 0.3 is 0 Å². The highest BCUT2D eigenvalue weighted by Crippen LogP contribution is 2.27. The van der Waals surface area contributed by atoms with E-state index in [0.717, 1.165) is 11.3 Å². The molecular weight excluding hydrogens is 293 g/mol. The van der Waals surface area contributed by atoms with Crippen molar-refractivity contribution < 1.29 is 14.0 Å². The first kappa shape index (κ1) is 15.1. The van der Waals surface area contributed by atoms with E-state index >= 15 is 0 Å².